The van der Waals surface area contributed by atoms with Crippen LogP contribution in [0.2, 0.25) is 0 Å². The van der Waals surface area contributed by atoms with Crippen LogP contribution in [-0.4, -0.2) is 10.9 Å². The Bertz CT molecular complexity index is 590. The van der Waals surface area contributed by atoms with Crippen molar-refractivity contribution in [2.24, 2.45) is 0 Å². The van der Waals surface area contributed by atoms with Crippen LogP contribution in [0.15, 0.2) is 34.5 Å². The number of hydrogen-bond acceptors (Lipinski definition) is 4. The summed E-state index contributed by atoms with van der Waals surface area (Å²) in [6.45, 7) is 0. The molecule has 1 fully saturated rings. The molecule has 2 aromatic rings. The largest absolute Gasteiger partial charge is 0.298 e. The highest BCUT2D eigenvalue weighted by atomic mass is 32.1. The molecule has 0 saturated heterocycles. The first-order valence-corrected chi connectivity index (χ1v) is 7.11. The van der Waals surface area contributed by atoms with Crippen molar-refractivity contribution in [3.05, 3.63) is 40.9 Å². The maximum absolute atomic E-state index is 12.0. The second-order valence-electron chi connectivity index (χ2n) is 4.32. The molecule has 0 atom stereocenters. The summed E-state index contributed by atoms with van der Waals surface area (Å²) in [5, 5.41) is 5.51. The van der Waals surface area contributed by atoms with E-state index in [0.717, 1.165) is 5.69 Å². The van der Waals surface area contributed by atoms with Crippen LogP contribution in [0.1, 0.15) is 34.8 Å². The summed E-state index contributed by atoms with van der Waals surface area (Å²) in [4.78, 5) is 17.1. The van der Waals surface area contributed by atoms with Crippen LogP contribution < -0.4 is 5.32 Å². The van der Waals surface area contributed by atoms with E-state index >= 15 is 0 Å². The average Bonchev–Trinajstić information content (AvgIpc) is 3.11. The Hall–Kier alpha value is -1.33. The van der Waals surface area contributed by atoms with E-state index in [1.807, 2.05) is 17.5 Å². The van der Waals surface area contributed by atoms with Crippen molar-refractivity contribution in [1.29, 1.82) is 0 Å². The highest BCUT2D eigenvalue weighted by Gasteiger charge is 2.26. The first-order valence-electron chi connectivity index (χ1n) is 5.79. The number of nitrogens with zero attached hydrogens (tertiary/aromatic N) is 1. The zero-order valence-electron chi connectivity index (χ0n) is 9.59. The van der Waals surface area contributed by atoms with Gasteiger partial charge < -0.3 is 0 Å². The summed E-state index contributed by atoms with van der Waals surface area (Å²) in [6, 6.07) is 7.24. The number of nitrogens with one attached hydrogen (secondary N) is 1. The van der Waals surface area contributed by atoms with Crippen molar-refractivity contribution < 1.29 is 4.79 Å². The Labute approximate surface area is 115 Å². The van der Waals surface area contributed by atoms with Gasteiger partial charge in [-0.05, 0) is 25.0 Å². The van der Waals surface area contributed by atoms with Crippen LogP contribution in [-0.2, 0) is 0 Å². The maximum atomic E-state index is 12.0. The number of carbonyl (C=O) groups excluding carboxylic acids is 1. The fourth-order valence-corrected chi connectivity index (χ4v) is 2.79. The van der Waals surface area contributed by atoms with E-state index in [9.17, 15) is 4.79 Å². The van der Waals surface area contributed by atoms with Gasteiger partial charge in [-0.15, -0.1) is 24.0 Å². The minimum atomic E-state index is -0.155. The Morgan fingerprint density at radius 1 is 1.39 bits per heavy atom. The van der Waals surface area contributed by atoms with E-state index in [4.69, 9.17) is 0 Å². The van der Waals surface area contributed by atoms with Crippen molar-refractivity contribution in [2.75, 3.05) is 5.32 Å². The van der Waals surface area contributed by atoms with Gasteiger partial charge in [0.2, 0.25) is 0 Å². The lowest BCUT2D eigenvalue weighted by atomic mass is 10.2. The van der Waals surface area contributed by atoms with Crippen molar-refractivity contribution in [3.8, 4) is 0 Å². The van der Waals surface area contributed by atoms with Gasteiger partial charge in [0, 0.05) is 16.2 Å². The SMILES string of the molecule is O=C(Nc1nc(C2CC2)cs1)c1ccccc1S. The zero-order valence-corrected chi connectivity index (χ0v) is 11.3. The van der Waals surface area contributed by atoms with Crippen LogP contribution in [0.3, 0.4) is 0 Å². The third kappa shape index (κ3) is 2.42. The third-order valence-corrected chi connectivity index (χ3v) is 4.05. The number of aromatic nitrogens is 1. The molecule has 1 aromatic carbocycles. The van der Waals surface area contributed by atoms with Crippen molar-refractivity contribution in [1.82, 2.24) is 4.98 Å². The van der Waals surface area contributed by atoms with Crippen LogP contribution >= 0.6 is 24.0 Å². The molecule has 92 valence electrons. The number of amides is 1. The van der Waals surface area contributed by atoms with Gasteiger partial charge in [0.05, 0.1) is 11.3 Å². The molecule has 1 amide bonds. The van der Waals surface area contributed by atoms with Crippen LogP contribution in [0.5, 0.6) is 0 Å². The second kappa shape index (κ2) is 4.74. The van der Waals surface area contributed by atoms with E-state index in [-0.39, 0.29) is 5.91 Å². The smallest absolute Gasteiger partial charge is 0.258 e. The number of anilines is 1. The number of thiol groups is 1. The summed E-state index contributed by atoms with van der Waals surface area (Å²) in [7, 11) is 0. The Kier molecular flexibility index (Phi) is 3.09. The molecular weight excluding hydrogens is 264 g/mol. The minimum Gasteiger partial charge on any atom is -0.298 e. The first-order chi connectivity index (χ1) is 8.74. The van der Waals surface area contributed by atoms with Crippen molar-refractivity contribution in [2.45, 2.75) is 23.7 Å². The molecular formula is C13H12N2OS2. The van der Waals surface area contributed by atoms with E-state index in [1.54, 1.807) is 12.1 Å². The summed E-state index contributed by atoms with van der Waals surface area (Å²) >= 11 is 5.75. The summed E-state index contributed by atoms with van der Waals surface area (Å²) in [6.07, 6.45) is 2.44. The predicted octanol–water partition coefficient (Wildman–Crippen LogP) is 3.56. The van der Waals surface area contributed by atoms with E-state index < -0.39 is 0 Å². The Balaban J connectivity index is 1.75. The normalized spacial score (nSPS) is 14.5. The van der Waals surface area contributed by atoms with E-state index in [1.165, 1.54) is 24.2 Å². The standard InChI is InChI=1S/C13H12N2OS2/c16-12(9-3-1-2-4-11(9)17)15-13-14-10(7-18-13)8-5-6-8/h1-4,7-8,17H,5-6H2,(H,14,15,16). The van der Waals surface area contributed by atoms with Gasteiger partial charge in [0.1, 0.15) is 0 Å². The molecule has 1 N–H and O–H groups in total. The number of thiazole rings is 1. The van der Waals surface area contributed by atoms with Crippen molar-refractivity contribution in [3.63, 3.8) is 0 Å². The predicted molar refractivity (Wildman–Crippen MR) is 75.7 cm³/mol. The molecule has 0 radical (unpaired) electrons. The Morgan fingerprint density at radius 3 is 2.89 bits per heavy atom. The fourth-order valence-electron chi connectivity index (χ4n) is 1.74. The van der Waals surface area contributed by atoms with Gasteiger partial charge in [-0.2, -0.15) is 0 Å². The molecule has 1 heterocycles. The molecule has 0 unspecified atom stereocenters. The molecule has 3 rings (SSSR count). The van der Waals surface area contributed by atoms with Crippen LogP contribution in [0, 0.1) is 0 Å². The van der Waals surface area contributed by atoms with Gasteiger partial charge in [-0.1, -0.05) is 12.1 Å². The van der Waals surface area contributed by atoms with E-state index in [0.29, 0.717) is 21.5 Å². The lowest BCUT2D eigenvalue weighted by molar-refractivity contribution is 0.102. The summed E-state index contributed by atoms with van der Waals surface area (Å²) in [5.74, 6) is 0.460. The van der Waals surface area contributed by atoms with Crippen molar-refractivity contribution >= 4 is 35.0 Å². The number of benzene rings is 1. The zero-order chi connectivity index (χ0) is 12.5. The first kappa shape index (κ1) is 11.7. The molecule has 0 bridgehead atoms. The lowest BCUT2D eigenvalue weighted by Crippen LogP contribution is -2.12. The molecule has 18 heavy (non-hydrogen) atoms. The topological polar surface area (TPSA) is 42.0 Å². The molecule has 1 aromatic heterocycles. The van der Waals surface area contributed by atoms with Crippen LogP contribution in [0.4, 0.5) is 5.13 Å². The molecule has 1 aliphatic rings. The molecule has 1 saturated carbocycles. The van der Waals surface area contributed by atoms with Crippen LogP contribution in [0.25, 0.3) is 0 Å². The monoisotopic (exact) mass is 276 g/mol. The summed E-state index contributed by atoms with van der Waals surface area (Å²) in [5.41, 5.74) is 1.68. The second-order valence-corrected chi connectivity index (χ2v) is 5.66. The minimum absolute atomic E-state index is 0.155. The molecule has 5 heteroatoms. The fraction of sp³-hybridized carbons (Fsp3) is 0.231. The highest BCUT2D eigenvalue weighted by Crippen LogP contribution is 2.40. The highest BCUT2D eigenvalue weighted by molar-refractivity contribution is 7.80. The van der Waals surface area contributed by atoms with Gasteiger partial charge in [-0.25, -0.2) is 4.98 Å². The van der Waals surface area contributed by atoms with Gasteiger partial charge in [0.15, 0.2) is 5.13 Å². The van der Waals surface area contributed by atoms with Gasteiger partial charge in [-0.3, -0.25) is 10.1 Å². The molecule has 3 nitrogen and oxygen atoms in total. The number of carbonyl (C=O) groups is 1. The van der Waals surface area contributed by atoms with E-state index in [2.05, 4.69) is 22.9 Å². The average molecular weight is 276 g/mol. The van der Waals surface area contributed by atoms with Gasteiger partial charge >= 0.3 is 0 Å². The lowest BCUT2D eigenvalue weighted by Gasteiger charge is -2.03. The number of rotatable bonds is 3. The molecule has 1 aliphatic carbocycles. The summed E-state index contributed by atoms with van der Waals surface area (Å²) < 4.78 is 0. The quantitative estimate of drug-likeness (QED) is 0.842. The maximum Gasteiger partial charge on any atom is 0.258 e. The van der Waals surface area contributed by atoms with Gasteiger partial charge in [0.25, 0.3) is 5.91 Å². The molecule has 0 aliphatic heterocycles. The molecule has 0 spiro atoms. The number of hydrogen-bond donors (Lipinski definition) is 2. The third-order valence-electron chi connectivity index (χ3n) is 2.89. The Morgan fingerprint density at radius 2 is 2.17 bits per heavy atom.